The Bertz CT molecular complexity index is 458. The molecule has 0 spiro atoms. The van der Waals surface area contributed by atoms with Crippen LogP contribution in [0, 0.1) is 0 Å². The molecule has 4 nitrogen and oxygen atoms in total. The van der Waals surface area contributed by atoms with Gasteiger partial charge in [0.05, 0.1) is 12.6 Å². The Morgan fingerprint density at radius 1 is 1.40 bits per heavy atom. The van der Waals surface area contributed by atoms with Crippen LogP contribution in [0.2, 0.25) is 0 Å². The number of nitrogens with zero attached hydrogens (tertiary/aromatic N) is 1. The predicted molar refractivity (Wildman–Crippen MR) is 80.7 cm³/mol. The van der Waals surface area contributed by atoms with Gasteiger partial charge in [-0.3, -0.25) is 4.79 Å². The molecule has 1 aromatic carbocycles. The predicted octanol–water partition coefficient (Wildman–Crippen LogP) is 2.23. The van der Waals surface area contributed by atoms with Gasteiger partial charge >= 0.3 is 0 Å². The standard InChI is InChI=1S/C16H24N2O2/c1-3-12(4-2)17-16(20)11-18-10-9-15(19)13-7-5-6-8-14(13)18/h5-8,12,15,19H,3-4,9-11H2,1-2H3,(H,17,20). The Hall–Kier alpha value is -1.55. The monoisotopic (exact) mass is 276 g/mol. The van der Waals surface area contributed by atoms with E-state index in [9.17, 15) is 9.90 Å². The quantitative estimate of drug-likeness (QED) is 0.867. The van der Waals surface area contributed by atoms with E-state index in [2.05, 4.69) is 24.1 Å². The molecule has 1 heterocycles. The number of para-hydroxylation sites is 1. The Morgan fingerprint density at radius 2 is 2.10 bits per heavy atom. The minimum absolute atomic E-state index is 0.0601. The van der Waals surface area contributed by atoms with Crippen LogP contribution in [-0.2, 0) is 4.79 Å². The van der Waals surface area contributed by atoms with E-state index in [-0.39, 0.29) is 11.9 Å². The summed E-state index contributed by atoms with van der Waals surface area (Å²) in [5, 5.41) is 13.1. The number of carbonyl (C=O) groups excluding carboxylic acids is 1. The Balaban J connectivity index is 2.04. The molecule has 2 rings (SSSR count). The first-order valence-corrected chi connectivity index (χ1v) is 7.47. The van der Waals surface area contributed by atoms with Gasteiger partial charge in [-0.15, -0.1) is 0 Å². The summed E-state index contributed by atoms with van der Waals surface area (Å²) in [5.74, 6) is 0.0601. The van der Waals surface area contributed by atoms with Gasteiger partial charge in [0.1, 0.15) is 0 Å². The molecule has 4 heteroatoms. The van der Waals surface area contributed by atoms with Gasteiger partial charge in [-0.05, 0) is 25.3 Å². The number of hydrogen-bond donors (Lipinski definition) is 2. The third kappa shape index (κ3) is 3.31. The molecule has 2 N–H and O–H groups in total. The smallest absolute Gasteiger partial charge is 0.239 e. The van der Waals surface area contributed by atoms with Crippen molar-refractivity contribution < 1.29 is 9.90 Å². The molecular formula is C16H24N2O2. The molecule has 110 valence electrons. The number of carbonyl (C=O) groups is 1. The summed E-state index contributed by atoms with van der Waals surface area (Å²) < 4.78 is 0. The SMILES string of the molecule is CCC(CC)NC(=O)CN1CCC(O)c2ccccc21. The number of rotatable bonds is 5. The van der Waals surface area contributed by atoms with Crippen molar-refractivity contribution >= 4 is 11.6 Å². The van der Waals surface area contributed by atoms with Crippen molar-refractivity contribution in [1.82, 2.24) is 5.32 Å². The van der Waals surface area contributed by atoms with Gasteiger partial charge in [0.15, 0.2) is 0 Å². The van der Waals surface area contributed by atoms with E-state index < -0.39 is 6.10 Å². The number of amides is 1. The van der Waals surface area contributed by atoms with E-state index in [1.54, 1.807) is 0 Å². The van der Waals surface area contributed by atoms with Crippen molar-refractivity contribution in [2.45, 2.75) is 45.3 Å². The molecule has 1 amide bonds. The normalized spacial score (nSPS) is 18.0. The Labute approximate surface area is 120 Å². The van der Waals surface area contributed by atoms with Crippen molar-refractivity contribution in [3.8, 4) is 0 Å². The van der Waals surface area contributed by atoms with Crippen molar-refractivity contribution in [1.29, 1.82) is 0 Å². The van der Waals surface area contributed by atoms with Crippen LogP contribution in [0.3, 0.4) is 0 Å². The summed E-state index contributed by atoms with van der Waals surface area (Å²) in [7, 11) is 0. The highest BCUT2D eigenvalue weighted by molar-refractivity contribution is 5.82. The number of benzene rings is 1. The van der Waals surface area contributed by atoms with Crippen molar-refractivity contribution in [2.24, 2.45) is 0 Å². The fraction of sp³-hybridized carbons (Fsp3) is 0.562. The number of nitrogens with one attached hydrogen (secondary N) is 1. The molecule has 1 aliphatic rings. The Morgan fingerprint density at radius 3 is 2.80 bits per heavy atom. The summed E-state index contributed by atoms with van der Waals surface area (Å²) >= 11 is 0. The van der Waals surface area contributed by atoms with Crippen molar-refractivity contribution in [3.05, 3.63) is 29.8 Å². The molecule has 0 saturated carbocycles. The van der Waals surface area contributed by atoms with Crippen molar-refractivity contribution in [3.63, 3.8) is 0 Å². The van der Waals surface area contributed by atoms with Gasteiger partial charge in [0.2, 0.25) is 5.91 Å². The van der Waals surface area contributed by atoms with Crippen LogP contribution in [0.4, 0.5) is 5.69 Å². The van der Waals surface area contributed by atoms with Gasteiger partial charge in [0.25, 0.3) is 0 Å². The molecule has 0 aliphatic carbocycles. The van der Waals surface area contributed by atoms with E-state index in [4.69, 9.17) is 0 Å². The maximum Gasteiger partial charge on any atom is 0.239 e. The molecule has 0 fully saturated rings. The summed E-state index contributed by atoms with van der Waals surface area (Å²) in [6.07, 6.45) is 2.18. The third-order valence-electron chi connectivity index (χ3n) is 3.99. The zero-order valence-electron chi connectivity index (χ0n) is 12.3. The fourth-order valence-electron chi connectivity index (χ4n) is 2.72. The zero-order chi connectivity index (χ0) is 14.5. The second-order valence-corrected chi connectivity index (χ2v) is 5.37. The van der Waals surface area contributed by atoms with E-state index >= 15 is 0 Å². The molecule has 20 heavy (non-hydrogen) atoms. The van der Waals surface area contributed by atoms with E-state index in [0.717, 1.165) is 24.1 Å². The fourth-order valence-corrected chi connectivity index (χ4v) is 2.72. The lowest BCUT2D eigenvalue weighted by Gasteiger charge is -2.33. The summed E-state index contributed by atoms with van der Waals surface area (Å²) in [4.78, 5) is 14.2. The summed E-state index contributed by atoms with van der Waals surface area (Å²) in [5.41, 5.74) is 1.90. The van der Waals surface area contributed by atoms with E-state index in [0.29, 0.717) is 19.5 Å². The van der Waals surface area contributed by atoms with Gasteiger partial charge in [-0.25, -0.2) is 0 Å². The molecular weight excluding hydrogens is 252 g/mol. The van der Waals surface area contributed by atoms with Crippen LogP contribution in [0.15, 0.2) is 24.3 Å². The number of anilines is 1. The molecule has 1 aromatic rings. The van der Waals surface area contributed by atoms with Gasteiger partial charge in [0, 0.05) is 23.8 Å². The number of hydrogen-bond acceptors (Lipinski definition) is 3. The summed E-state index contributed by atoms with van der Waals surface area (Å²) in [6.45, 7) is 5.25. The maximum atomic E-state index is 12.1. The van der Waals surface area contributed by atoms with Crippen LogP contribution < -0.4 is 10.2 Å². The minimum Gasteiger partial charge on any atom is -0.388 e. The molecule has 1 atom stereocenters. The van der Waals surface area contributed by atoms with E-state index in [1.807, 2.05) is 24.3 Å². The average Bonchev–Trinajstić information content (AvgIpc) is 2.48. The molecule has 1 aliphatic heterocycles. The molecule has 0 aromatic heterocycles. The second-order valence-electron chi connectivity index (χ2n) is 5.37. The first-order valence-electron chi connectivity index (χ1n) is 7.47. The lowest BCUT2D eigenvalue weighted by Crippen LogP contribution is -2.43. The molecule has 0 radical (unpaired) electrons. The molecule has 0 bridgehead atoms. The van der Waals surface area contributed by atoms with Crippen molar-refractivity contribution in [2.75, 3.05) is 18.0 Å². The lowest BCUT2D eigenvalue weighted by atomic mass is 9.99. The topological polar surface area (TPSA) is 52.6 Å². The summed E-state index contributed by atoms with van der Waals surface area (Å²) in [6, 6.07) is 8.04. The third-order valence-corrected chi connectivity index (χ3v) is 3.99. The van der Waals surface area contributed by atoms with Gasteiger partial charge in [-0.1, -0.05) is 32.0 Å². The highest BCUT2D eigenvalue weighted by atomic mass is 16.3. The minimum atomic E-state index is -0.412. The Kier molecular flexibility index (Phi) is 5.01. The average molecular weight is 276 g/mol. The number of aliphatic hydroxyl groups is 1. The van der Waals surface area contributed by atoms with Crippen LogP contribution in [0.25, 0.3) is 0 Å². The molecule has 1 unspecified atom stereocenters. The highest BCUT2D eigenvalue weighted by Crippen LogP contribution is 2.32. The molecule has 0 saturated heterocycles. The van der Waals surface area contributed by atoms with Gasteiger partial charge in [-0.2, -0.15) is 0 Å². The maximum absolute atomic E-state index is 12.1. The number of fused-ring (bicyclic) bond motifs is 1. The zero-order valence-corrected chi connectivity index (χ0v) is 12.3. The van der Waals surface area contributed by atoms with Crippen LogP contribution >= 0.6 is 0 Å². The first kappa shape index (κ1) is 14.9. The number of aliphatic hydroxyl groups excluding tert-OH is 1. The first-order chi connectivity index (χ1) is 9.65. The van der Waals surface area contributed by atoms with Crippen LogP contribution in [0.1, 0.15) is 44.8 Å². The van der Waals surface area contributed by atoms with E-state index in [1.165, 1.54) is 0 Å². The lowest BCUT2D eigenvalue weighted by molar-refractivity contribution is -0.120. The van der Waals surface area contributed by atoms with Crippen LogP contribution in [-0.4, -0.2) is 30.1 Å². The van der Waals surface area contributed by atoms with Gasteiger partial charge < -0.3 is 15.3 Å². The second kappa shape index (κ2) is 6.75. The highest BCUT2D eigenvalue weighted by Gasteiger charge is 2.24. The largest absolute Gasteiger partial charge is 0.388 e. The van der Waals surface area contributed by atoms with Crippen LogP contribution in [0.5, 0.6) is 0 Å².